The second-order valence-electron chi connectivity index (χ2n) is 3.80. The molecule has 3 N–H and O–H groups in total. The number of hydrogen-bond donors (Lipinski definition) is 2. The largest absolute Gasteiger partial charge is 0.399 e. The highest BCUT2D eigenvalue weighted by molar-refractivity contribution is 7.34. The lowest BCUT2D eigenvalue weighted by Gasteiger charge is -2.26. The van der Waals surface area contributed by atoms with Crippen LogP contribution in [0.3, 0.4) is 0 Å². The van der Waals surface area contributed by atoms with Gasteiger partial charge >= 0.3 is 0 Å². The van der Waals surface area contributed by atoms with Crippen LogP contribution in [-0.2, 0) is 6.42 Å². The lowest BCUT2D eigenvalue weighted by atomic mass is 9.88. The molecule has 0 radical (unpaired) electrons. The Labute approximate surface area is 87.1 Å². The summed E-state index contributed by atoms with van der Waals surface area (Å²) >= 11 is 0. The molecule has 3 heteroatoms. The first-order valence-corrected chi connectivity index (χ1v) is 6.62. The Morgan fingerprint density at radius 2 is 2.36 bits per heavy atom. The van der Waals surface area contributed by atoms with Gasteiger partial charge in [-0.3, -0.25) is 5.09 Å². The molecule has 2 rings (SSSR count). The Bertz CT molecular complexity index is 325. The zero-order valence-corrected chi connectivity index (χ0v) is 9.51. The van der Waals surface area contributed by atoms with Gasteiger partial charge in [0, 0.05) is 11.7 Å². The van der Waals surface area contributed by atoms with Gasteiger partial charge in [-0.1, -0.05) is 14.8 Å². The van der Waals surface area contributed by atoms with Crippen LogP contribution >= 0.6 is 8.73 Å². The van der Waals surface area contributed by atoms with E-state index in [9.17, 15) is 0 Å². The summed E-state index contributed by atoms with van der Waals surface area (Å²) in [5.41, 5.74) is 9.60. The number of fused-ring (bicyclic) bond motifs is 1. The maximum Gasteiger partial charge on any atom is 0.0357 e. The molecule has 14 heavy (non-hydrogen) atoms. The molecule has 1 aromatic rings. The molecule has 2 nitrogen and oxygen atoms in total. The maximum atomic E-state index is 5.81. The summed E-state index contributed by atoms with van der Waals surface area (Å²) in [6.07, 6.45) is 3.75. The van der Waals surface area contributed by atoms with Crippen molar-refractivity contribution in [3.8, 4) is 0 Å². The molecular formula is C11H17N2P. The maximum absolute atomic E-state index is 5.81. The normalized spacial score (nSPS) is 21.4. The number of aryl methyl sites for hydroxylation is 1. The summed E-state index contributed by atoms with van der Waals surface area (Å²) in [6.45, 7) is 2.18. The molecule has 1 aliphatic rings. The van der Waals surface area contributed by atoms with Crippen molar-refractivity contribution < 1.29 is 0 Å². The number of nitrogens with one attached hydrogen (secondary N) is 1. The first-order valence-electron chi connectivity index (χ1n) is 5.12. The van der Waals surface area contributed by atoms with Gasteiger partial charge in [0.1, 0.15) is 0 Å². The minimum absolute atomic E-state index is 0.533. The van der Waals surface area contributed by atoms with Crippen LogP contribution in [0.1, 0.15) is 30.0 Å². The molecule has 76 valence electrons. The van der Waals surface area contributed by atoms with Crippen LogP contribution < -0.4 is 10.8 Å². The fourth-order valence-corrected chi connectivity index (χ4v) is 2.79. The highest BCUT2D eigenvalue weighted by atomic mass is 31.1. The molecule has 0 fully saturated rings. The smallest absolute Gasteiger partial charge is 0.0357 e. The van der Waals surface area contributed by atoms with E-state index in [1.54, 1.807) is 0 Å². The zero-order valence-electron chi connectivity index (χ0n) is 8.51. The Morgan fingerprint density at radius 3 is 3.14 bits per heavy atom. The van der Waals surface area contributed by atoms with Gasteiger partial charge < -0.3 is 5.73 Å². The minimum atomic E-state index is 0.533. The lowest BCUT2D eigenvalue weighted by molar-refractivity contribution is 0.541. The molecule has 0 saturated carbocycles. The van der Waals surface area contributed by atoms with Crippen molar-refractivity contribution in [2.75, 3.05) is 12.4 Å². The summed E-state index contributed by atoms with van der Waals surface area (Å²) < 4.78 is 0. The van der Waals surface area contributed by atoms with Gasteiger partial charge in [0.05, 0.1) is 0 Å². The Hall–Kier alpha value is -0.590. The van der Waals surface area contributed by atoms with Crippen molar-refractivity contribution in [1.82, 2.24) is 5.09 Å². The average Bonchev–Trinajstić information content (AvgIpc) is 2.19. The fraction of sp³-hybridized carbons (Fsp3) is 0.455. The van der Waals surface area contributed by atoms with E-state index in [4.69, 9.17) is 5.73 Å². The zero-order chi connectivity index (χ0) is 9.97. The summed E-state index contributed by atoms with van der Waals surface area (Å²) in [6, 6.07) is 6.85. The third kappa shape index (κ3) is 1.92. The lowest BCUT2D eigenvalue weighted by Crippen LogP contribution is -2.19. The van der Waals surface area contributed by atoms with Crippen LogP contribution in [0.5, 0.6) is 0 Å². The predicted octanol–water partition coefficient (Wildman–Crippen LogP) is 2.46. The first-order chi connectivity index (χ1) is 6.81. The standard InChI is InChI=1S/C11H17N2P/c1-14-13-11-4-2-3-8-5-6-9(12)7-10(8)11/h5-7,11,13-14H,2-4,12H2,1H3. The first kappa shape index (κ1) is 9.95. The van der Waals surface area contributed by atoms with Crippen molar-refractivity contribution in [2.24, 2.45) is 0 Å². The summed E-state index contributed by atoms with van der Waals surface area (Å²) in [7, 11) is 0.807. The van der Waals surface area contributed by atoms with Crippen LogP contribution in [0.4, 0.5) is 5.69 Å². The monoisotopic (exact) mass is 208 g/mol. The third-order valence-electron chi connectivity index (χ3n) is 2.80. The van der Waals surface area contributed by atoms with E-state index in [1.807, 2.05) is 6.07 Å². The van der Waals surface area contributed by atoms with Crippen LogP contribution in [-0.4, -0.2) is 6.66 Å². The number of rotatable bonds is 2. The third-order valence-corrected chi connectivity index (χ3v) is 3.44. The van der Waals surface area contributed by atoms with Crippen LogP contribution in [0, 0.1) is 0 Å². The van der Waals surface area contributed by atoms with Gasteiger partial charge in [0.2, 0.25) is 0 Å². The van der Waals surface area contributed by atoms with Crippen LogP contribution in [0.25, 0.3) is 0 Å². The molecule has 0 saturated heterocycles. The quantitative estimate of drug-likeness (QED) is 0.578. The Balaban J connectivity index is 2.32. The average molecular weight is 208 g/mol. The molecule has 2 atom stereocenters. The molecule has 1 aliphatic carbocycles. The van der Waals surface area contributed by atoms with Crippen molar-refractivity contribution in [1.29, 1.82) is 0 Å². The highest BCUT2D eigenvalue weighted by Crippen LogP contribution is 2.32. The molecule has 0 heterocycles. The number of nitrogen functional groups attached to an aromatic ring is 1. The molecule has 0 spiro atoms. The van der Waals surface area contributed by atoms with Crippen molar-refractivity contribution in [3.63, 3.8) is 0 Å². The number of nitrogens with two attached hydrogens (primary N) is 1. The van der Waals surface area contributed by atoms with E-state index in [0.29, 0.717) is 6.04 Å². The summed E-state index contributed by atoms with van der Waals surface area (Å²) in [4.78, 5) is 0. The SMILES string of the molecule is CPNC1CCCc2ccc(N)cc21. The molecule has 2 unspecified atom stereocenters. The fourth-order valence-electron chi connectivity index (χ4n) is 2.14. The molecule has 0 aromatic heterocycles. The second-order valence-corrected chi connectivity index (χ2v) is 4.59. The summed E-state index contributed by atoms with van der Waals surface area (Å²) in [5.74, 6) is 0. The van der Waals surface area contributed by atoms with Crippen LogP contribution in [0.15, 0.2) is 18.2 Å². The Morgan fingerprint density at radius 1 is 1.50 bits per heavy atom. The van der Waals surface area contributed by atoms with Crippen molar-refractivity contribution >= 4 is 14.4 Å². The van der Waals surface area contributed by atoms with E-state index in [-0.39, 0.29) is 0 Å². The summed E-state index contributed by atoms with van der Waals surface area (Å²) in [5, 5.41) is 3.54. The molecular weight excluding hydrogens is 191 g/mol. The van der Waals surface area contributed by atoms with Crippen molar-refractivity contribution in [2.45, 2.75) is 25.3 Å². The van der Waals surface area contributed by atoms with Gasteiger partial charge in [-0.2, -0.15) is 0 Å². The molecule has 0 bridgehead atoms. The van der Waals surface area contributed by atoms with E-state index in [2.05, 4.69) is 23.9 Å². The predicted molar refractivity (Wildman–Crippen MR) is 63.9 cm³/mol. The van der Waals surface area contributed by atoms with E-state index < -0.39 is 0 Å². The minimum Gasteiger partial charge on any atom is -0.399 e. The van der Waals surface area contributed by atoms with Gasteiger partial charge in [0.25, 0.3) is 0 Å². The number of hydrogen-bond acceptors (Lipinski definition) is 2. The second kappa shape index (κ2) is 4.29. The number of anilines is 1. The highest BCUT2D eigenvalue weighted by Gasteiger charge is 2.18. The van der Waals surface area contributed by atoms with E-state index in [0.717, 1.165) is 14.4 Å². The van der Waals surface area contributed by atoms with E-state index >= 15 is 0 Å². The molecule has 1 aromatic carbocycles. The van der Waals surface area contributed by atoms with Gasteiger partial charge in [-0.25, -0.2) is 0 Å². The van der Waals surface area contributed by atoms with Gasteiger partial charge in [-0.05, 0) is 49.2 Å². The van der Waals surface area contributed by atoms with Crippen molar-refractivity contribution in [3.05, 3.63) is 29.3 Å². The van der Waals surface area contributed by atoms with E-state index in [1.165, 1.54) is 30.4 Å². The molecule has 0 amide bonds. The van der Waals surface area contributed by atoms with Gasteiger partial charge in [-0.15, -0.1) is 0 Å². The Kier molecular flexibility index (Phi) is 3.05. The molecule has 0 aliphatic heterocycles. The van der Waals surface area contributed by atoms with Gasteiger partial charge in [0.15, 0.2) is 0 Å². The number of benzene rings is 1. The van der Waals surface area contributed by atoms with Crippen LogP contribution in [0.2, 0.25) is 0 Å². The topological polar surface area (TPSA) is 38.0 Å².